The summed E-state index contributed by atoms with van der Waals surface area (Å²) in [4.78, 5) is 15.9. The largest absolute Gasteiger partial charge is 0.323 e. The Balaban J connectivity index is 2.17. The SMILES string of the molecule is CCCCCCCN1CCN(C(C)C)C1=O. The fourth-order valence-corrected chi connectivity index (χ4v) is 2.19. The van der Waals surface area contributed by atoms with E-state index in [1.54, 1.807) is 0 Å². The Kier molecular flexibility index (Phi) is 5.64. The van der Waals surface area contributed by atoms with Gasteiger partial charge in [0.15, 0.2) is 0 Å². The van der Waals surface area contributed by atoms with Gasteiger partial charge in [-0.25, -0.2) is 4.79 Å². The minimum absolute atomic E-state index is 0.241. The molecule has 0 aromatic carbocycles. The van der Waals surface area contributed by atoms with E-state index in [0.717, 1.165) is 26.1 Å². The van der Waals surface area contributed by atoms with E-state index in [0.29, 0.717) is 6.04 Å². The quantitative estimate of drug-likeness (QED) is 0.612. The molecule has 0 aromatic heterocycles. The molecule has 1 aliphatic heterocycles. The summed E-state index contributed by atoms with van der Waals surface area (Å²) in [6.07, 6.45) is 6.35. The molecule has 0 saturated carbocycles. The number of urea groups is 1. The van der Waals surface area contributed by atoms with Crippen LogP contribution in [0.3, 0.4) is 0 Å². The van der Waals surface area contributed by atoms with Gasteiger partial charge in [-0.1, -0.05) is 32.6 Å². The first-order valence-electron chi connectivity index (χ1n) is 6.72. The van der Waals surface area contributed by atoms with E-state index in [-0.39, 0.29) is 6.03 Å². The molecule has 0 aliphatic carbocycles. The van der Waals surface area contributed by atoms with Crippen molar-refractivity contribution in [2.75, 3.05) is 19.6 Å². The molecule has 0 unspecified atom stereocenters. The zero-order valence-corrected chi connectivity index (χ0v) is 11.0. The molecule has 0 aromatic rings. The molecular weight excluding hydrogens is 200 g/mol. The summed E-state index contributed by atoms with van der Waals surface area (Å²) in [7, 11) is 0. The van der Waals surface area contributed by atoms with Crippen LogP contribution < -0.4 is 0 Å². The summed E-state index contributed by atoms with van der Waals surface area (Å²) in [5, 5.41) is 0. The van der Waals surface area contributed by atoms with E-state index in [1.807, 2.05) is 9.80 Å². The van der Waals surface area contributed by atoms with E-state index in [2.05, 4.69) is 20.8 Å². The van der Waals surface area contributed by atoms with Gasteiger partial charge in [0.2, 0.25) is 0 Å². The van der Waals surface area contributed by atoms with E-state index in [9.17, 15) is 4.79 Å². The van der Waals surface area contributed by atoms with Crippen LogP contribution in [0.1, 0.15) is 52.9 Å². The van der Waals surface area contributed by atoms with Crippen LogP contribution in [0.25, 0.3) is 0 Å². The monoisotopic (exact) mass is 226 g/mol. The van der Waals surface area contributed by atoms with Crippen molar-refractivity contribution in [3.63, 3.8) is 0 Å². The first kappa shape index (κ1) is 13.3. The van der Waals surface area contributed by atoms with Crippen LogP contribution in [-0.4, -0.2) is 41.5 Å². The number of hydrogen-bond donors (Lipinski definition) is 0. The van der Waals surface area contributed by atoms with Gasteiger partial charge in [0.25, 0.3) is 0 Å². The first-order valence-corrected chi connectivity index (χ1v) is 6.72. The normalized spacial score (nSPS) is 16.6. The van der Waals surface area contributed by atoms with Crippen LogP contribution in [0.2, 0.25) is 0 Å². The predicted molar refractivity (Wildman–Crippen MR) is 67.6 cm³/mol. The summed E-state index contributed by atoms with van der Waals surface area (Å²) >= 11 is 0. The predicted octanol–water partition coefficient (Wildman–Crippen LogP) is 3.10. The standard InChI is InChI=1S/C13H26N2O/c1-4-5-6-7-8-9-14-10-11-15(12(2)3)13(14)16/h12H,4-11H2,1-3H3. The van der Waals surface area contributed by atoms with Crippen molar-refractivity contribution in [2.45, 2.75) is 58.9 Å². The van der Waals surface area contributed by atoms with E-state index >= 15 is 0 Å². The molecule has 0 radical (unpaired) electrons. The molecule has 1 rings (SSSR count). The van der Waals surface area contributed by atoms with Gasteiger partial charge < -0.3 is 9.80 Å². The summed E-state index contributed by atoms with van der Waals surface area (Å²) in [5.74, 6) is 0. The average Bonchev–Trinajstić information content (AvgIpc) is 2.60. The van der Waals surface area contributed by atoms with Crippen molar-refractivity contribution < 1.29 is 4.79 Å². The lowest BCUT2D eigenvalue weighted by Gasteiger charge is -2.21. The number of nitrogens with zero attached hydrogens (tertiary/aromatic N) is 2. The molecule has 2 amide bonds. The highest BCUT2D eigenvalue weighted by atomic mass is 16.2. The highest BCUT2D eigenvalue weighted by molar-refractivity contribution is 5.76. The van der Waals surface area contributed by atoms with Crippen molar-refractivity contribution in [1.29, 1.82) is 0 Å². The van der Waals surface area contributed by atoms with Gasteiger partial charge >= 0.3 is 6.03 Å². The van der Waals surface area contributed by atoms with Crippen molar-refractivity contribution >= 4 is 6.03 Å². The zero-order valence-electron chi connectivity index (χ0n) is 11.0. The maximum atomic E-state index is 11.9. The number of unbranched alkanes of at least 4 members (excludes halogenated alkanes) is 4. The second kappa shape index (κ2) is 6.77. The maximum Gasteiger partial charge on any atom is 0.320 e. The maximum absolute atomic E-state index is 11.9. The number of hydrogen-bond acceptors (Lipinski definition) is 1. The molecule has 0 bridgehead atoms. The highest BCUT2D eigenvalue weighted by Crippen LogP contribution is 2.13. The van der Waals surface area contributed by atoms with E-state index in [1.165, 1.54) is 25.7 Å². The smallest absolute Gasteiger partial charge is 0.320 e. The number of carbonyl (C=O) groups is 1. The lowest BCUT2D eigenvalue weighted by Crippen LogP contribution is -2.36. The average molecular weight is 226 g/mol. The van der Waals surface area contributed by atoms with Crippen molar-refractivity contribution in [1.82, 2.24) is 9.80 Å². The lowest BCUT2D eigenvalue weighted by atomic mass is 10.1. The van der Waals surface area contributed by atoms with Gasteiger partial charge in [-0.15, -0.1) is 0 Å². The molecule has 0 N–H and O–H groups in total. The van der Waals surface area contributed by atoms with Crippen molar-refractivity contribution in [3.05, 3.63) is 0 Å². The third-order valence-electron chi connectivity index (χ3n) is 3.28. The molecule has 1 fully saturated rings. The first-order chi connectivity index (χ1) is 7.66. The van der Waals surface area contributed by atoms with Gasteiger partial charge in [0, 0.05) is 25.7 Å². The Hall–Kier alpha value is -0.730. The van der Waals surface area contributed by atoms with Crippen LogP contribution in [0.4, 0.5) is 4.79 Å². The lowest BCUT2D eigenvalue weighted by molar-refractivity contribution is 0.182. The summed E-state index contributed by atoms with van der Waals surface area (Å²) in [5.41, 5.74) is 0. The Bertz CT molecular complexity index is 216. The fourth-order valence-electron chi connectivity index (χ4n) is 2.19. The Morgan fingerprint density at radius 3 is 2.38 bits per heavy atom. The molecule has 1 aliphatic rings. The molecule has 16 heavy (non-hydrogen) atoms. The molecule has 3 nitrogen and oxygen atoms in total. The minimum Gasteiger partial charge on any atom is -0.323 e. The van der Waals surface area contributed by atoms with Crippen LogP contribution in [0.15, 0.2) is 0 Å². The Labute approximate surface area is 99.8 Å². The van der Waals surface area contributed by atoms with Gasteiger partial charge in [0.05, 0.1) is 0 Å². The van der Waals surface area contributed by atoms with Crippen molar-refractivity contribution in [2.24, 2.45) is 0 Å². The number of amides is 2. The van der Waals surface area contributed by atoms with Crippen LogP contribution >= 0.6 is 0 Å². The topological polar surface area (TPSA) is 23.6 Å². The summed E-state index contributed by atoms with van der Waals surface area (Å²) in [6.45, 7) is 9.18. The number of carbonyl (C=O) groups excluding carboxylic acids is 1. The fraction of sp³-hybridized carbons (Fsp3) is 0.923. The van der Waals surface area contributed by atoms with Gasteiger partial charge in [-0.2, -0.15) is 0 Å². The van der Waals surface area contributed by atoms with E-state index in [4.69, 9.17) is 0 Å². The molecule has 0 spiro atoms. The third-order valence-corrected chi connectivity index (χ3v) is 3.28. The Morgan fingerprint density at radius 2 is 1.81 bits per heavy atom. The molecule has 0 atom stereocenters. The second-order valence-electron chi connectivity index (χ2n) is 4.97. The number of rotatable bonds is 7. The van der Waals surface area contributed by atoms with Gasteiger partial charge in [0.1, 0.15) is 0 Å². The minimum atomic E-state index is 0.241. The molecule has 94 valence electrons. The third kappa shape index (κ3) is 3.69. The Morgan fingerprint density at radius 1 is 1.12 bits per heavy atom. The van der Waals surface area contributed by atoms with Crippen LogP contribution in [0, 0.1) is 0 Å². The molecule has 1 saturated heterocycles. The molecule has 3 heteroatoms. The summed E-state index contributed by atoms with van der Waals surface area (Å²) in [6, 6.07) is 0.586. The van der Waals surface area contributed by atoms with Gasteiger partial charge in [-0.05, 0) is 20.3 Å². The summed E-state index contributed by atoms with van der Waals surface area (Å²) < 4.78 is 0. The van der Waals surface area contributed by atoms with Crippen LogP contribution in [-0.2, 0) is 0 Å². The van der Waals surface area contributed by atoms with E-state index < -0.39 is 0 Å². The van der Waals surface area contributed by atoms with Crippen LogP contribution in [0.5, 0.6) is 0 Å². The highest BCUT2D eigenvalue weighted by Gasteiger charge is 2.29. The molecule has 1 heterocycles. The van der Waals surface area contributed by atoms with Crippen molar-refractivity contribution in [3.8, 4) is 0 Å². The molecular formula is C13H26N2O. The zero-order chi connectivity index (χ0) is 12.0. The second-order valence-corrected chi connectivity index (χ2v) is 4.97. The van der Waals surface area contributed by atoms with Gasteiger partial charge in [-0.3, -0.25) is 0 Å².